The number of likely N-dealkylation sites (tertiary alicyclic amines) is 2. The Kier molecular flexibility index (Phi) is 4.57. The molecule has 2 aromatic rings. The van der Waals surface area contributed by atoms with Crippen molar-refractivity contribution in [3.8, 4) is 0 Å². The lowest BCUT2D eigenvalue weighted by molar-refractivity contribution is -0.159. The van der Waals surface area contributed by atoms with Crippen LogP contribution in [0, 0.1) is 11.3 Å². The summed E-state index contributed by atoms with van der Waals surface area (Å²) in [6.07, 6.45) is 5.51. The minimum Gasteiger partial charge on any atom is -0.391 e. The fourth-order valence-electron chi connectivity index (χ4n) is 5.03. The van der Waals surface area contributed by atoms with Crippen molar-refractivity contribution in [1.82, 2.24) is 19.6 Å². The molecule has 154 valence electrons. The number of aliphatic hydroxyl groups is 1. The SMILES string of the molecule is O=C(Cn1ncc2ccccc21)N1CCC2(CC1)CC(O)CN(CC1CC1)C2=O. The molecule has 2 saturated heterocycles. The predicted octanol–water partition coefficient (Wildman–Crippen LogP) is 1.65. The number of nitrogens with zero attached hydrogens (tertiary/aromatic N) is 4. The molecular weight excluding hydrogens is 368 g/mol. The number of carbonyl (C=O) groups is 2. The molecule has 2 amide bonds. The van der Waals surface area contributed by atoms with Crippen molar-refractivity contribution in [3.05, 3.63) is 30.5 Å². The predicted molar refractivity (Wildman–Crippen MR) is 108 cm³/mol. The molecule has 1 unspecified atom stereocenters. The lowest BCUT2D eigenvalue weighted by atomic mass is 9.70. The lowest BCUT2D eigenvalue weighted by Gasteiger charge is -2.48. The van der Waals surface area contributed by atoms with E-state index in [-0.39, 0.29) is 18.4 Å². The summed E-state index contributed by atoms with van der Waals surface area (Å²) in [6, 6.07) is 7.87. The van der Waals surface area contributed by atoms with Crippen molar-refractivity contribution in [2.75, 3.05) is 26.2 Å². The highest BCUT2D eigenvalue weighted by Crippen LogP contribution is 2.42. The topological polar surface area (TPSA) is 78.7 Å². The zero-order chi connectivity index (χ0) is 20.0. The number of piperidine rings is 2. The number of para-hydroxylation sites is 1. The molecule has 7 heteroatoms. The molecule has 1 aromatic carbocycles. The standard InChI is InChI=1S/C22H28N4O3/c27-18-11-22(21(29)25(14-18)13-16-5-6-16)7-9-24(10-8-22)20(28)15-26-19-4-2-1-3-17(19)12-23-26/h1-4,12,16,18,27H,5-11,13-15H2. The second-order valence-corrected chi connectivity index (χ2v) is 9.03. The Morgan fingerprint density at radius 2 is 1.97 bits per heavy atom. The van der Waals surface area contributed by atoms with Gasteiger partial charge in [0.2, 0.25) is 11.8 Å². The van der Waals surface area contributed by atoms with E-state index in [1.807, 2.05) is 34.1 Å². The molecule has 0 radical (unpaired) electrons. The first kappa shape index (κ1) is 18.6. The van der Waals surface area contributed by atoms with Crippen molar-refractivity contribution in [1.29, 1.82) is 0 Å². The van der Waals surface area contributed by atoms with Gasteiger partial charge in [-0.15, -0.1) is 0 Å². The zero-order valence-electron chi connectivity index (χ0n) is 16.7. The highest BCUT2D eigenvalue weighted by molar-refractivity contribution is 5.85. The molecule has 3 aliphatic rings. The van der Waals surface area contributed by atoms with Crippen LogP contribution in [0.25, 0.3) is 10.9 Å². The van der Waals surface area contributed by atoms with Gasteiger partial charge in [0.15, 0.2) is 0 Å². The van der Waals surface area contributed by atoms with E-state index in [2.05, 4.69) is 5.10 Å². The van der Waals surface area contributed by atoms with E-state index >= 15 is 0 Å². The number of carbonyl (C=O) groups excluding carboxylic acids is 2. The molecule has 3 fully saturated rings. The summed E-state index contributed by atoms with van der Waals surface area (Å²) in [5.41, 5.74) is 0.456. The van der Waals surface area contributed by atoms with Gasteiger partial charge in [0.1, 0.15) is 6.54 Å². The fraction of sp³-hybridized carbons (Fsp3) is 0.591. The third-order valence-electron chi connectivity index (χ3n) is 6.88. The Bertz CT molecular complexity index is 925. The van der Waals surface area contributed by atoms with E-state index < -0.39 is 11.5 Å². The van der Waals surface area contributed by atoms with Gasteiger partial charge in [0.25, 0.3) is 0 Å². The average Bonchev–Trinajstić information content (AvgIpc) is 3.45. The molecule has 7 nitrogen and oxygen atoms in total. The second kappa shape index (κ2) is 7.13. The maximum atomic E-state index is 13.2. The van der Waals surface area contributed by atoms with Crippen LogP contribution in [0.2, 0.25) is 0 Å². The van der Waals surface area contributed by atoms with E-state index in [9.17, 15) is 14.7 Å². The molecule has 1 atom stereocenters. The number of rotatable bonds is 4. The van der Waals surface area contributed by atoms with Crippen LogP contribution in [0.5, 0.6) is 0 Å². The monoisotopic (exact) mass is 396 g/mol. The number of aliphatic hydroxyl groups excluding tert-OH is 1. The Balaban J connectivity index is 1.24. The number of fused-ring (bicyclic) bond motifs is 1. The van der Waals surface area contributed by atoms with Gasteiger partial charge in [0, 0.05) is 31.6 Å². The van der Waals surface area contributed by atoms with Crippen molar-refractivity contribution in [2.24, 2.45) is 11.3 Å². The maximum Gasteiger partial charge on any atom is 0.244 e. The van der Waals surface area contributed by atoms with Crippen molar-refractivity contribution < 1.29 is 14.7 Å². The quantitative estimate of drug-likeness (QED) is 0.852. The lowest BCUT2D eigenvalue weighted by Crippen LogP contribution is -2.58. The summed E-state index contributed by atoms with van der Waals surface area (Å²) in [7, 11) is 0. The molecular formula is C22H28N4O3. The number of aromatic nitrogens is 2. The Hall–Kier alpha value is -2.41. The van der Waals surface area contributed by atoms with Crippen molar-refractivity contribution in [3.63, 3.8) is 0 Å². The van der Waals surface area contributed by atoms with Crippen molar-refractivity contribution >= 4 is 22.7 Å². The third-order valence-corrected chi connectivity index (χ3v) is 6.88. The summed E-state index contributed by atoms with van der Waals surface area (Å²) < 4.78 is 1.74. The van der Waals surface area contributed by atoms with Crippen LogP contribution in [0.4, 0.5) is 0 Å². The molecule has 1 aromatic heterocycles. The van der Waals surface area contributed by atoms with Crippen LogP contribution in [0.3, 0.4) is 0 Å². The Labute approximate surface area is 170 Å². The van der Waals surface area contributed by atoms with Crippen LogP contribution in [-0.2, 0) is 16.1 Å². The smallest absolute Gasteiger partial charge is 0.244 e. The second-order valence-electron chi connectivity index (χ2n) is 9.03. The largest absolute Gasteiger partial charge is 0.391 e. The Morgan fingerprint density at radius 3 is 2.72 bits per heavy atom. The summed E-state index contributed by atoms with van der Waals surface area (Å²) in [5, 5.41) is 15.8. The molecule has 5 rings (SSSR count). The molecule has 2 aliphatic heterocycles. The highest BCUT2D eigenvalue weighted by atomic mass is 16.3. The molecule has 0 bridgehead atoms. The first-order valence-corrected chi connectivity index (χ1v) is 10.7. The summed E-state index contributed by atoms with van der Waals surface area (Å²) >= 11 is 0. The molecule has 1 aliphatic carbocycles. The number of benzene rings is 1. The number of amides is 2. The molecule has 3 heterocycles. The van der Waals surface area contributed by atoms with Gasteiger partial charge in [-0.25, -0.2) is 0 Å². The van der Waals surface area contributed by atoms with E-state index in [4.69, 9.17) is 0 Å². The van der Waals surface area contributed by atoms with Gasteiger partial charge in [-0.05, 0) is 44.1 Å². The van der Waals surface area contributed by atoms with E-state index in [1.165, 1.54) is 12.8 Å². The summed E-state index contributed by atoms with van der Waals surface area (Å²) in [6.45, 7) is 2.59. The molecule has 29 heavy (non-hydrogen) atoms. The van der Waals surface area contributed by atoms with Gasteiger partial charge < -0.3 is 14.9 Å². The first-order chi connectivity index (χ1) is 14.0. The van der Waals surface area contributed by atoms with Gasteiger partial charge >= 0.3 is 0 Å². The normalized spacial score (nSPS) is 24.4. The van der Waals surface area contributed by atoms with Crippen LogP contribution in [0.1, 0.15) is 32.1 Å². The number of hydrogen-bond donors (Lipinski definition) is 1. The number of β-amino-alcohol motifs (C(OH)–C–C–N with tert-alkyl or cyclic N) is 1. The van der Waals surface area contributed by atoms with Crippen LogP contribution in [-0.4, -0.2) is 68.8 Å². The summed E-state index contributed by atoms with van der Waals surface area (Å²) in [4.78, 5) is 29.8. The maximum absolute atomic E-state index is 13.2. The van der Waals surface area contributed by atoms with Gasteiger partial charge in [-0.2, -0.15) is 5.10 Å². The number of hydrogen-bond acceptors (Lipinski definition) is 4. The van der Waals surface area contributed by atoms with Crippen LogP contribution >= 0.6 is 0 Å². The zero-order valence-corrected chi connectivity index (χ0v) is 16.7. The summed E-state index contributed by atoms with van der Waals surface area (Å²) in [5.74, 6) is 0.846. The van der Waals surface area contributed by atoms with E-state index in [0.717, 1.165) is 17.4 Å². The average molecular weight is 396 g/mol. The Morgan fingerprint density at radius 1 is 1.21 bits per heavy atom. The van der Waals surface area contributed by atoms with Crippen LogP contribution < -0.4 is 0 Å². The molecule has 1 saturated carbocycles. The van der Waals surface area contributed by atoms with Gasteiger partial charge in [-0.1, -0.05) is 18.2 Å². The minimum atomic E-state index is -0.498. The first-order valence-electron chi connectivity index (χ1n) is 10.7. The minimum absolute atomic E-state index is 0.0346. The third kappa shape index (κ3) is 3.52. The fourth-order valence-corrected chi connectivity index (χ4v) is 5.03. The highest BCUT2D eigenvalue weighted by Gasteiger charge is 2.49. The van der Waals surface area contributed by atoms with E-state index in [0.29, 0.717) is 44.8 Å². The van der Waals surface area contributed by atoms with Gasteiger partial charge in [0.05, 0.1) is 23.2 Å². The molecule has 1 N–H and O–H groups in total. The molecule has 1 spiro atoms. The van der Waals surface area contributed by atoms with Gasteiger partial charge in [-0.3, -0.25) is 14.3 Å². The van der Waals surface area contributed by atoms with Crippen molar-refractivity contribution in [2.45, 2.75) is 44.8 Å². The van der Waals surface area contributed by atoms with Crippen LogP contribution in [0.15, 0.2) is 30.5 Å². The van der Waals surface area contributed by atoms with E-state index in [1.54, 1.807) is 10.9 Å².